The lowest BCUT2D eigenvalue weighted by molar-refractivity contribution is -0.140. The molecule has 170 valence electrons. The molecule has 0 aromatic heterocycles. The Morgan fingerprint density at radius 3 is 2.32 bits per heavy atom. The van der Waals surface area contributed by atoms with Crippen molar-refractivity contribution in [1.82, 2.24) is 4.72 Å². The fraction of sp³-hybridized carbons (Fsp3) is 0.381. The van der Waals surface area contributed by atoms with Crippen molar-refractivity contribution in [3.05, 3.63) is 65.0 Å². The minimum atomic E-state index is -4.99. The van der Waals surface area contributed by atoms with E-state index in [0.717, 1.165) is 6.07 Å². The molecule has 0 bridgehead atoms. The van der Waals surface area contributed by atoms with Gasteiger partial charge >= 0.3 is 12.3 Å². The van der Waals surface area contributed by atoms with Crippen LogP contribution in [0, 0.1) is 5.82 Å². The van der Waals surface area contributed by atoms with Gasteiger partial charge in [0.05, 0.1) is 11.6 Å². The van der Waals surface area contributed by atoms with E-state index < -0.39 is 45.8 Å². The van der Waals surface area contributed by atoms with Crippen LogP contribution in [0.15, 0.2) is 42.5 Å². The number of alkyl halides is 3. The van der Waals surface area contributed by atoms with Gasteiger partial charge in [-0.2, -0.15) is 13.2 Å². The summed E-state index contributed by atoms with van der Waals surface area (Å²) in [5.41, 5.74) is -1.53. The number of nitrogens with one attached hydrogen (secondary N) is 2. The van der Waals surface area contributed by atoms with Crippen LogP contribution < -0.4 is 10.0 Å². The molecule has 0 spiro atoms. The molecule has 0 saturated carbocycles. The van der Waals surface area contributed by atoms with E-state index in [0.29, 0.717) is 11.6 Å². The smallest absolute Gasteiger partial charge is 0.419 e. The normalized spacial score (nSPS) is 14.1. The van der Waals surface area contributed by atoms with Crippen molar-refractivity contribution in [3.8, 4) is 0 Å². The predicted octanol–water partition coefficient (Wildman–Crippen LogP) is 5.71. The number of halogens is 4. The monoisotopic (exact) mass is 460 g/mol. The van der Waals surface area contributed by atoms with Crippen LogP contribution in [-0.4, -0.2) is 15.4 Å². The Bertz CT molecular complexity index is 902. The third-order valence-electron chi connectivity index (χ3n) is 4.17. The average Bonchev–Trinajstić information content (AvgIpc) is 2.66. The number of carbonyl (C=O) groups is 1. The molecule has 0 radical (unpaired) electrons. The van der Waals surface area contributed by atoms with Crippen molar-refractivity contribution >= 4 is 23.1 Å². The van der Waals surface area contributed by atoms with Crippen molar-refractivity contribution in [1.29, 1.82) is 0 Å². The van der Waals surface area contributed by atoms with Gasteiger partial charge in [-0.1, -0.05) is 30.3 Å². The van der Waals surface area contributed by atoms with E-state index in [2.05, 4.69) is 10.0 Å². The van der Waals surface area contributed by atoms with Gasteiger partial charge < -0.3 is 9.29 Å². The van der Waals surface area contributed by atoms with E-state index in [1.807, 2.05) is 0 Å². The van der Waals surface area contributed by atoms with Gasteiger partial charge in [0.2, 0.25) is 0 Å². The fourth-order valence-corrected chi connectivity index (χ4v) is 3.32. The second kappa shape index (κ2) is 9.88. The Hall–Kier alpha value is -2.30. The number of hydrogen-bond donors (Lipinski definition) is 2. The molecule has 0 fully saturated rings. The number of ether oxygens (including phenoxy) is 1. The van der Waals surface area contributed by atoms with Crippen LogP contribution in [-0.2, 0) is 28.9 Å². The minimum Gasteiger partial charge on any atom is -0.598 e. The van der Waals surface area contributed by atoms with Crippen LogP contribution in [0.5, 0.6) is 0 Å². The van der Waals surface area contributed by atoms with Crippen molar-refractivity contribution in [2.45, 2.75) is 51.3 Å². The van der Waals surface area contributed by atoms with Crippen LogP contribution in [0.2, 0.25) is 0 Å². The Balaban J connectivity index is 2.26. The van der Waals surface area contributed by atoms with Crippen LogP contribution in [0.4, 0.5) is 28.0 Å². The SMILES string of the molecule is C[C@@H](N[S@+]([O-])C(C)(C)C)c1cc(NC(=O)OCc2ccccc2)cc(C(F)(F)F)c1F. The molecule has 5 nitrogen and oxygen atoms in total. The van der Waals surface area contributed by atoms with Gasteiger partial charge in [-0.25, -0.2) is 9.18 Å². The Labute approximate surface area is 181 Å². The summed E-state index contributed by atoms with van der Waals surface area (Å²) in [6, 6.07) is 9.24. The molecule has 0 aliphatic heterocycles. The molecule has 2 atom stereocenters. The summed E-state index contributed by atoms with van der Waals surface area (Å²) >= 11 is -1.66. The number of rotatable bonds is 6. The molecule has 0 saturated heterocycles. The van der Waals surface area contributed by atoms with E-state index in [1.54, 1.807) is 51.1 Å². The second-order valence-corrected chi connectivity index (χ2v) is 9.83. The van der Waals surface area contributed by atoms with Crippen LogP contribution in [0.1, 0.15) is 50.4 Å². The first-order valence-corrected chi connectivity index (χ1v) is 10.5. The van der Waals surface area contributed by atoms with E-state index in [9.17, 15) is 26.9 Å². The van der Waals surface area contributed by atoms with E-state index in [4.69, 9.17) is 4.74 Å². The van der Waals surface area contributed by atoms with Gasteiger partial charge in [-0.3, -0.25) is 5.32 Å². The molecular formula is C21H24F4N2O3S. The van der Waals surface area contributed by atoms with Crippen molar-refractivity contribution in [3.63, 3.8) is 0 Å². The van der Waals surface area contributed by atoms with Gasteiger partial charge in [-0.15, -0.1) is 4.72 Å². The maximum atomic E-state index is 14.6. The summed E-state index contributed by atoms with van der Waals surface area (Å²) in [7, 11) is 0. The Morgan fingerprint density at radius 2 is 1.77 bits per heavy atom. The highest BCUT2D eigenvalue weighted by Gasteiger charge is 2.37. The predicted molar refractivity (Wildman–Crippen MR) is 111 cm³/mol. The molecular weight excluding hydrogens is 436 g/mol. The minimum absolute atomic E-state index is 0.0879. The lowest BCUT2D eigenvalue weighted by atomic mass is 10.0. The zero-order valence-corrected chi connectivity index (χ0v) is 18.3. The van der Waals surface area contributed by atoms with E-state index >= 15 is 0 Å². The largest absolute Gasteiger partial charge is 0.598 e. The number of carbonyl (C=O) groups excluding carboxylic acids is 1. The van der Waals surface area contributed by atoms with E-state index in [1.165, 1.54) is 6.92 Å². The number of benzene rings is 2. The summed E-state index contributed by atoms with van der Waals surface area (Å²) in [6.45, 7) is 6.30. The third-order valence-corrected chi connectivity index (χ3v) is 5.85. The summed E-state index contributed by atoms with van der Waals surface area (Å²) < 4.78 is 73.9. The molecule has 2 aromatic carbocycles. The molecule has 1 amide bonds. The first kappa shape index (κ1) is 25.0. The summed E-state index contributed by atoms with van der Waals surface area (Å²) in [4.78, 5) is 12.0. The lowest BCUT2D eigenvalue weighted by Crippen LogP contribution is -2.40. The van der Waals surface area contributed by atoms with Crippen LogP contribution in [0.3, 0.4) is 0 Å². The number of amides is 1. The molecule has 2 rings (SSSR count). The van der Waals surface area contributed by atoms with E-state index in [-0.39, 0.29) is 17.9 Å². The van der Waals surface area contributed by atoms with Gasteiger partial charge in [0, 0.05) is 22.6 Å². The average molecular weight is 460 g/mol. The van der Waals surface area contributed by atoms with Gasteiger partial charge in [0.1, 0.15) is 17.2 Å². The molecule has 10 heteroatoms. The quantitative estimate of drug-likeness (QED) is 0.428. The maximum absolute atomic E-state index is 14.6. The van der Waals surface area contributed by atoms with Gasteiger partial charge in [-0.05, 0) is 45.4 Å². The molecule has 0 heterocycles. The second-order valence-electron chi connectivity index (χ2n) is 7.83. The Morgan fingerprint density at radius 1 is 1.16 bits per heavy atom. The van der Waals surface area contributed by atoms with Crippen LogP contribution >= 0.6 is 0 Å². The zero-order valence-electron chi connectivity index (χ0n) is 17.5. The van der Waals surface area contributed by atoms with Crippen LogP contribution in [0.25, 0.3) is 0 Å². The summed E-state index contributed by atoms with van der Waals surface area (Å²) in [5, 5.41) is 2.20. The standard InChI is InChI=1S/C21H24F4N2O3S/c1-13(27-31(29)20(2,3)4)16-10-15(11-17(18(16)22)21(23,24)25)26-19(28)30-12-14-8-6-5-7-9-14/h5-11,13,27H,12H2,1-4H3,(H,26,28)/t13-,31-/m1/s1. The Kier molecular flexibility index (Phi) is 7.96. The van der Waals surface area contributed by atoms with Crippen molar-refractivity contribution in [2.75, 3.05) is 5.32 Å². The van der Waals surface area contributed by atoms with Gasteiger partial charge in [0.15, 0.2) is 0 Å². The molecule has 0 aliphatic carbocycles. The molecule has 0 unspecified atom stereocenters. The molecule has 2 aromatic rings. The van der Waals surface area contributed by atoms with Crippen molar-refractivity contribution < 1.29 is 31.6 Å². The molecule has 2 N–H and O–H groups in total. The highest BCUT2D eigenvalue weighted by Crippen LogP contribution is 2.37. The first-order valence-electron chi connectivity index (χ1n) is 9.35. The fourth-order valence-electron chi connectivity index (χ4n) is 2.52. The van der Waals surface area contributed by atoms with Gasteiger partial charge in [0.25, 0.3) is 0 Å². The highest BCUT2D eigenvalue weighted by atomic mass is 32.2. The molecule has 0 aliphatic rings. The maximum Gasteiger partial charge on any atom is 0.419 e. The highest BCUT2D eigenvalue weighted by molar-refractivity contribution is 7.90. The summed E-state index contributed by atoms with van der Waals surface area (Å²) in [6.07, 6.45) is -5.98. The lowest BCUT2D eigenvalue weighted by Gasteiger charge is -2.27. The topological polar surface area (TPSA) is 73.4 Å². The number of anilines is 1. The van der Waals surface area contributed by atoms with Crippen molar-refractivity contribution in [2.24, 2.45) is 0 Å². The zero-order chi connectivity index (χ0) is 23.4. The summed E-state index contributed by atoms with van der Waals surface area (Å²) in [5.74, 6) is -1.50. The number of hydrogen-bond acceptors (Lipinski definition) is 4. The molecule has 31 heavy (non-hydrogen) atoms. The first-order chi connectivity index (χ1) is 14.3. The third kappa shape index (κ3) is 7.12.